The molecule has 0 bridgehead atoms. The SMILES string of the molecule is O=C1Sc2ccccc2C(=O)N2CSC=C12. The summed E-state index contributed by atoms with van der Waals surface area (Å²) in [6, 6.07) is 7.24. The lowest BCUT2D eigenvalue weighted by Gasteiger charge is -2.15. The molecule has 5 heteroatoms. The highest BCUT2D eigenvalue weighted by Gasteiger charge is 2.33. The highest BCUT2D eigenvalue weighted by atomic mass is 32.2. The average molecular weight is 249 g/mol. The topological polar surface area (TPSA) is 37.4 Å². The predicted octanol–water partition coefficient (Wildman–Crippen LogP) is 2.31. The van der Waals surface area contributed by atoms with Crippen LogP contribution in [0.25, 0.3) is 0 Å². The third-order valence-electron chi connectivity index (χ3n) is 2.46. The number of carbonyl (C=O) groups excluding carboxylic acids is 2. The van der Waals surface area contributed by atoms with Gasteiger partial charge in [0.2, 0.25) is 5.12 Å². The molecule has 0 aromatic heterocycles. The normalized spacial score (nSPS) is 19.0. The summed E-state index contributed by atoms with van der Waals surface area (Å²) in [5.74, 6) is 0.458. The molecule has 3 nitrogen and oxygen atoms in total. The van der Waals surface area contributed by atoms with Crippen LogP contribution in [0.2, 0.25) is 0 Å². The van der Waals surface area contributed by atoms with Crippen LogP contribution in [-0.2, 0) is 4.79 Å². The molecule has 0 spiro atoms. The molecular weight excluding hydrogens is 242 g/mol. The van der Waals surface area contributed by atoms with Crippen molar-refractivity contribution >= 4 is 34.5 Å². The first kappa shape index (κ1) is 9.99. The van der Waals surface area contributed by atoms with Crippen molar-refractivity contribution in [3.8, 4) is 0 Å². The van der Waals surface area contributed by atoms with Gasteiger partial charge in [-0.3, -0.25) is 14.5 Å². The molecule has 3 rings (SSSR count). The van der Waals surface area contributed by atoms with E-state index in [2.05, 4.69) is 0 Å². The average Bonchev–Trinajstić information content (AvgIpc) is 2.74. The molecule has 2 aliphatic heterocycles. The molecule has 0 atom stereocenters. The van der Waals surface area contributed by atoms with Crippen LogP contribution in [0.15, 0.2) is 40.3 Å². The minimum atomic E-state index is -0.0785. The van der Waals surface area contributed by atoms with Gasteiger partial charge in [0.1, 0.15) is 5.70 Å². The lowest BCUT2D eigenvalue weighted by Crippen LogP contribution is -2.28. The Balaban J connectivity index is 2.17. The smallest absolute Gasteiger partial charge is 0.260 e. The molecule has 1 aromatic rings. The first-order valence-corrected chi connectivity index (χ1v) is 6.59. The summed E-state index contributed by atoms with van der Waals surface area (Å²) in [6.07, 6.45) is 0. The first-order valence-electron chi connectivity index (χ1n) is 4.72. The summed E-state index contributed by atoms with van der Waals surface area (Å²) in [6.45, 7) is 0. The van der Waals surface area contributed by atoms with Crippen LogP contribution in [0, 0.1) is 0 Å². The van der Waals surface area contributed by atoms with Gasteiger partial charge in [-0.25, -0.2) is 0 Å². The van der Waals surface area contributed by atoms with E-state index in [9.17, 15) is 9.59 Å². The maximum Gasteiger partial charge on any atom is 0.260 e. The number of thioether (sulfide) groups is 2. The van der Waals surface area contributed by atoms with Gasteiger partial charge in [0.15, 0.2) is 0 Å². The fourth-order valence-corrected chi connectivity index (χ4v) is 3.51. The summed E-state index contributed by atoms with van der Waals surface area (Å²) in [5.41, 5.74) is 1.13. The Morgan fingerprint density at radius 3 is 2.88 bits per heavy atom. The van der Waals surface area contributed by atoms with Crippen LogP contribution in [0.5, 0.6) is 0 Å². The van der Waals surface area contributed by atoms with E-state index in [1.807, 2.05) is 18.2 Å². The minimum Gasteiger partial charge on any atom is -0.294 e. The molecule has 80 valence electrons. The summed E-state index contributed by atoms with van der Waals surface area (Å²) < 4.78 is 0. The number of nitrogens with zero attached hydrogens (tertiary/aromatic N) is 1. The Bertz CT molecular complexity index is 524. The lowest BCUT2D eigenvalue weighted by atomic mass is 10.2. The Kier molecular flexibility index (Phi) is 2.29. The zero-order chi connectivity index (χ0) is 11.1. The highest BCUT2D eigenvalue weighted by molar-refractivity contribution is 8.14. The Labute approximate surface area is 101 Å². The van der Waals surface area contributed by atoms with Crippen molar-refractivity contribution in [1.82, 2.24) is 4.90 Å². The number of hydrogen-bond donors (Lipinski definition) is 0. The van der Waals surface area contributed by atoms with E-state index in [1.54, 1.807) is 16.4 Å². The van der Waals surface area contributed by atoms with Gasteiger partial charge in [0.05, 0.1) is 11.4 Å². The second kappa shape index (κ2) is 3.68. The highest BCUT2D eigenvalue weighted by Crippen LogP contribution is 2.37. The third kappa shape index (κ3) is 1.39. The molecule has 0 unspecified atom stereocenters. The van der Waals surface area contributed by atoms with Crippen molar-refractivity contribution in [3.63, 3.8) is 0 Å². The van der Waals surface area contributed by atoms with Gasteiger partial charge in [-0.05, 0) is 23.9 Å². The monoisotopic (exact) mass is 249 g/mol. The predicted molar refractivity (Wildman–Crippen MR) is 64.0 cm³/mol. The Morgan fingerprint density at radius 2 is 2.00 bits per heavy atom. The maximum absolute atomic E-state index is 12.2. The van der Waals surface area contributed by atoms with Crippen molar-refractivity contribution in [3.05, 3.63) is 40.9 Å². The first-order chi connectivity index (χ1) is 7.77. The molecule has 1 amide bonds. The summed E-state index contributed by atoms with van der Waals surface area (Å²) in [7, 11) is 0. The van der Waals surface area contributed by atoms with E-state index in [-0.39, 0.29) is 11.0 Å². The van der Waals surface area contributed by atoms with Gasteiger partial charge in [0, 0.05) is 10.3 Å². The van der Waals surface area contributed by atoms with Crippen LogP contribution in [0.1, 0.15) is 10.4 Å². The Morgan fingerprint density at radius 1 is 1.19 bits per heavy atom. The molecule has 0 fully saturated rings. The molecule has 16 heavy (non-hydrogen) atoms. The maximum atomic E-state index is 12.2. The minimum absolute atomic E-state index is 0.0525. The van der Waals surface area contributed by atoms with Crippen LogP contribution in [-0.4, -0.2) is 21.8 Å². The molecule has 1 aromatic carbocycles. The molecule has 2 heterocycles. The molecule has 0 saturated carbocycles. The fraction of sp³-hybridized carbons (Fsp3) is 0.0909. The number of hydrogen-bond acceptors (Lipinski definition) is 4. The van der Waals surface area contributed by atoms with Crippen molar-refractivity contribution in [2.45, 2.75) is 4.90 Å². The van der Waals surface area contributed by atoms with Gasteiger partial charge in [-0.2, -0.15) is 0 Å². The van der Waals surface area contributed by atoms with Crippen molar-refractivity contribution in [2.24, 2.45) is 0 Å². The van der Waals surface area contributed by atoms with E-state index in [0.29, 0.717) is 17.1 Å². The summed E-state index contributed by atoms with van der Waals surface area (Å²) >= 11 is 2.61. The number of carbonyl (C=O) groups is 2. The van der Waals surface area contributed by atoms with E-state index < -0.39 is 0 Å². The largest absolute Gasteiger partial charge is 0.294 e. The van der Waals surface area contributed by atoms with Crippen molar-refractivity contribution in [1.29, 1.82) is 0 Å². The number of fused-ring (bicyclic) bond motifs is 2. The number of benzene rings is 1. The summed E-state index contributed by atoms with van der Waals surface area (Å²) in [5, 5.41) is 1.71. The second-order valence-electron chi connectivity index (χ2n) is 3.42. The molecule has 0 aliphatic carbocycles. The summed E-state index contributed by atoms with van der Waals surface area (Å²) in [4.78, 5) is 26.4. The number of rotatable bonds is 0. The lowest BCUT2D eigenvalue weighted by molar-refractivity contribution is -0.108. The van der Waals surface area contributed by atoms with Crippen LogP contribution >= 0.6 is 23.5 Å². The molecule has 0 N–H and O–H groups in total. The molecule has 0 radical (unpaired) electrons. The van der Waals surface area contributed by atoms with Crippen molar-refractivity contribution in [2.75, 3.05) is 5.88 Å². The van der Waals surface area contributed by atoms with E-state index in [1.165, 1.54) is 11.8 Å². The molecule has 2 aliphatic rings. The van der Waals surface area contributed by atoms with Gasteiger partial charge >= 0.3 is 0 Å². The van der Waals surface area contributed by atoms with Gasteiger partial charge in [-0.15, -0.1) is 11.8 Å². The van der Waals surface area contributed by atoms with Gasteiger partial charge in [-0.1, -0.05) is 12.1 Å². The fourth-order valence-electron chi connectivity index (χ4n) is 1.68. The van der Waals surface area contributed by atoms with Gasteiger partial charge < -0.3 is 0 Å². The zero-order valence-corrected chi connectivity index (χ0v) is 9.81. The standard InChI is InChI=1S/C11H7NO2S2/c13-10-7-3-1-2-4-9(7)16-11(14)8-5-15-6-12(8)10/h1-5H,6H2. The number of amides is 1. The van der Waals surface area contributed by atoms with E-state index >= 15 is 0 Å². The third-order valence-corrected chi connectivity index (χ3v) is 4.23. The van der Waals surface area contributed by atoms with E-state index in [0.717, 1.165) is 16.7 Å². The van der Waals surface area contributed by atoms with Crippen molar-refractivity contribution < 1.29 is 9.59 Å². The van der Waals surface area contributed by atoms with Crippen LogP contribution in [0.3, 0.4) is 0 Å². The Hall–Kier alpha value is -1.20. The van der Waals surface area contributed by atoms with E-state index in [4.69, 9.17) is 0 Å². The second-order valence-corrected chi connectivity index (χ2v) is 5.26. The molecular formula is C11H7NO2S2. The zero-order valence-electron chi connectivity index (χ0n) is 8.17. The van der Waals surface area contributed by atoms with Crippen LogP contribution in [0.4, 0.5) is 0 Å². The van der Waals surface area contributed by atoms with Crippen LogP contribution < -0.4 is 0 Å². The van der Waals surface area contributed by atoms with Gasteiger partial charge in [0.25, 0.3) is 5.91 Å². The quantitative estimate of drug-likeness (QED) is 0.707. The molecule has 0 saturated heterocycles.